The molecule has 0 amide bonds. The Kier molecular flexibility index (Phi) is 12.9. The first kappa shape index (κ1) is 28.7. The van der Waals surface area contributed by atoms with E-state index >= 15 is 0 Å². The van der Waals surface area contributed by atoms with E-state index in [1.807, 2.05) is 30.3 Å². The van der Waals surface area contributed by atoms with Crippen LogP contribution in [0, 0.1) is 27.7 Å². The molecule has 9 heteroatoms. The Morgan fingerprint density at radius 3 is 1.62 bits per heavy atom. The van der Waals surface area contributed by atoms with Crippen LogP contribution in [-0.2, 0) is 36.0 Å². The molecule has 0 unspecified atom stereocenters. The van der Waals surface area contributed by atoms with Crippen LogP contribution in [-0.4, -0.2) is 13.9 Å². The summed E-state index contributed by atoms with van der Waals surface area (Å²) in [5.41, 5.74) is -3.67. The summed E-state index contributed by atoms with van der Waals surface area (Å²) in [4.78, 5) is -0.588. The van der Waals surface area contributed by atoms with Gasteiger partial charge in [-0.05, 0) is 4.90 Å². The van der Waals surface area contributed by atoms with Crippen molar-refractivity contribution in [2.45, 2.75) is 38.1 Å². The minimum absolute atomic E-state index is 0. The van der Waals surface area contributed by atoms with Crippen LogP contribution < -0.4 is 24.8 Å². The van der Waals surface area contributed by atoms with Crippen molar-refractivity contribution < 1.29 is 72.6 Å². The van der Waals surface area contributed by atoms with Gasteiger partial charge in [-0.2, -0.15) is 48.1 Å². The number of rotatable bonds is 1. The molecule has 2 rings (SSSR count). The molecule has 0 aliphatic heterocycles. The third kappa shape index (κ3) is 6.01. The van der Waals surface area contributed by atoms with E-state index in [4.69, 9.17) is 0 Å². The topological polar surface area (TPSA) is 34.1 Å². The molecule has 0 saturated carbocycles. The van der Waals surface area contributed by atoms with Crippen molar-refractivity contribution in [3.63, 3.8) is 0 Å². The fraction of sp³-hybridized carbons (Fsp3) is 0.333. The maximum Gasteiger partial charge on any atom is 4.00 e. The van der Waals surface area contributed by atoms with Crippen molar-refractivity contribution in [3.8, 4) is 0 Å². The fourth-order valence-corrected chi connectivity index (χ4v) is 3.37. The van der Waals surface area contributed by atoms with Crippen molar-refractivity contribution in [3.05, 3.63) is 52.6 Å². The van der Waals surface area contributed by atoms with Gasteiger partial charge in [0.05, 0.1) is 0 Å². The van der Waals surface area contributed by atoms with Crippen LogP contribution in [0.3, 0.4) is 0 Å². The Morgan fingerprint density at radius 2 is 1.42 bits per heavy atom. The molecule has 0 bridgehead atoms. The smallest absolute Gasteiger partial charge is 1.00 e. The number of alkyl halides is 3. The van der Waals surface area contributed by atoms with Gasteiger partial charge in [-0.15, -0.1) is 5.56 Å². The first-order valence-electron chi connectivity index (χ1n) is 6.23. The van der Waals surface area contributed by atoms with Gasteiger partial charge in [-0.3, -0.25) is 0 Å². The molecule has 134 valence electrons. The van der Waals surface area contributed by atoms with E-state index in [0.717, 1.165) is 0 Å². The fourth-order valence-electron chi connectivity index (χ4n) is 2.02. The van der Waals surface area contributed by atoms with Gasteiger partial charge in [0.15, 0.2) is 0 Å². The van der Waals surface area contributed by atoms with Crippen LogP contribution in [0.2, 0.25) is 0 Å². The molecule has 2 aromatic carbocycles. The van der Waals surface area contributed by atoms with E-state index in [1.54, 1.807) is 13.8 Å². The molecule has 0 aromatic heterocycles. The molecule has 0 N–H and O–H groups in total. The molecule has 0 fully saturated rings. The molecule has 0 atom stereocenters. The van der Waals surface area contributed by atoms with E-state index < -0.39 is 20.2 Å². The Balaban J connectivity index is -0.000000475. The zero-order valence-corrected chi connectivity index (χ0v) is 18.3. The average molecular weight is 480 g/mol. The van der Waals surface area contributed by atoms with Crippen LogP contribution in [0.25, 0.3) is 0 Å². The molecule has 0 saturated heterocycles. The van der Waals surface area contributed by atoms with Gasteiger partial charge >= 0.3 is 31.7 Å². The van der Waals surface area contributed by atoms with Crippen molar-refractivity contribution in [1.82, 2.24) is 0 Å². The molecule has 0 spiro atoms. The van der Waals surface area contributed by atoms with E-state index in [9.17, 15) is 21.6 Å². The molecular weight excluding hydrogens is 463 g/mol. The number of halogens is 5. The molecular formula is C15H17Cl2F3O2SZr. The molecule has 0 radical (unpaired) electrons. The second kappa shape index (κ2) is 10.8. The first-order valence-corrected chi connectivity index (χ1v) is 7.71. The summed E-state index contributed by atoms with van der Waals surface area (Å²) < 4.78 is 60.0. The Bertz CT molecular complexity index is 663. The Morgan fingerprint density at radius 1 is 1.00 bits per heavy atom. The van der Waals surface area contributed by atoms with Gasteiger partial charge in [-0.25, -0.2) is 20.6 Å². The predicted molar refractivity (Wildman–Crippen MR) is 76.3 cm³/mol. The van der Waals surface area contributed by atoms with Gasteiger partial charge < -0.3 is 24.8 Å². The van der Waals surface area contributed by atoms with Crippen LogP contribution in [0.1, 0.15) is 22.3 Å². The van der Waals surface area contributed by atoms with Crippen molar-refractivity contribution in [2.75, 3.05) is 0 Å². The van der Waals surface area contributed by atoms with Crippen molar-refractivity contribution in [1.29, 1.82) is 0 Å². The second-order valence-corrected chi connectivity index (χ2v) is 6.62. The third-order valence-corrected chi connectivity index (χ3v) is 5.26. The summed E-state index contributed by atoms with van der Waals surface area (Å²) in [6, 6.07) is 10.0. The van der Waals surface area contributed by atoms with E-state index in [2.05, 4.69) is 0 Å². The van der Waals surface area contributed by atoms with Crippen LogP contribution in [0.4, 0.5) is 13.2 Å². The number of hydrogen-bond donors (Lipinski definition) is 0. The molecule has 24 heavy (non-hydrogen) atoms. The van der Waals surface area contributed by atoms with Crippen molar-refractivity contribution >= 4 is 9.84 Å². The molecule has 0 aliphatic rings. The van der Waals surface area contributed by atoms with E-state index in [1.165, 1.54) is 13.8 Å². The summed E-state index contributed by atoms with van der Waals surface area (Å²) in [5.74, 6) is 0. The Labute approximate surface area is 172 Å². The van der Waals surface area contributed by atoms with Crippen LogP contribution in [0.15, 0.2) is 35.2 Å². The molecule has 0 heterocycles. The van der Waals surface area contributed by atoms with Gasteiger partial charge in [0.25, 0.3) is 9.84 Å². The molecule has 2 aromatic rings. The quantitative estimate of drug-likeness (QED) is 0.459. The zero-order chi connectivity index (χ0) is 16.4. The largest absolute Gasteiger partial charge is 4.00 e. The van der Waals surface area contributed by atoms with Gasteiger partial charge in [0.1, 0.15) is 0 Å². The second-order valence-electron chi connectivity index (χ2n) is 4.74. The maximum atomic E-state index is 12.4. The standard InChI is InChI=1S/C10H12F3O2S.C5H5.2ClH.Zr/c1-5-6(2)8(4)9(7(5)3)16(14,15)10(11,12)13;1-2-4-5-3-1;;;/h1-4H3;1-5H;2*1H;/q2*-1;;;+4/p-2. The summed E-state index contributed by atoms with van der Waals surface area (Å²) in [6.45, 7) is 6.03. The van der Waals surface area contributed by atoms with Crippen LogP contribution in [0.5, 0.6) is 0 Å². The SMILES string of the molecule is Cc1c(C)c(S(=O)(=O)C(F)(F)F)[c-](C)c1C.[Cl-].[Cl-].[Zr+4].c1cc[cH-]c1. The molecule has 0 aliphatic carbocycles. The van der Waals surface area contributed by atoms with Crippen molar-refractivity contribution in [2.24, 2.45) is 0 Å². The summed E-state index contributed by atoms with van der Waals surface area (Å²) >= 11 is 0. The summed E-state index contributed by atoms with van der Waals surface area (Å²) in [6.07, 6.45) is 0. The maximum absolute atomic E-state index is 12.4. The first-order chi connectivity index (χ1) is 9.51. The predicted octanol–water partition coefficient (Wildman–Crippen LogP) is -1.66. The summed E-state index contributed by atoms with van der Waals surface area (Å²) in [7, 11) is -5.24. The van der Waals surface area contributed by atoms with E-state index in [0.29, 0.717) is 11.1 Å². The zero-order valence-electron chi connectivity index (χ0n) is 13.5. The number of hydrogen-bond acceptors (Lipinski definition) is 2. The summed E-state index contributed by atoms with van der Waals surface area (Å²) in [5, 5.41) is 0. The number of sulfone groups is 1. The Hall–Kier alpha value is -0.0969. The minimum Gasteiger partial charge on any atom is -1.00 e. The van der Waals surface area contributed by atoms with Gasteiger partial charge in [0, 0.05) is 0 Å². The minimum atomic E-state index is -5.24. The monoisotopic (exact) mass is 478 g/mol. The van der Waals surface area contributed by atoms with E-state index in [-0.39, 0.29) is 62.1 Å². The average Bonchev–Trinajstić information content (AvgIpc) is 2.98. The van der Waals surface area contributed by atoms with Gasteiger partial charge in [-0.1, -0.05) is 27.7 Å². The normalized spacial score (nSPS) is 10.5. The molecule has 2 nitrogen and oxygen atoms in total. The third-order valence-electron chi connectivity index (χ3n) is 3.50. The van der Waals surface area contributed by atoms with Gasteiger partial charge in [0.2, 0.25) is 0 Å². The van der Waals surface area contributed by atoms with Crippen LogP contribution >= 0.6 is 0 Å².